The summed E-state index contributed by atoms with van der Waals surface area (Å²) in [7, 11) is 3.17. The van der Waals surface area contributed by atoms with E-state index in [1.165, 1.54) is 7.11 Å². The fraction of sp³-hybridized carbons (Fsp3) is 0.308. The van der Waals surface area contributed by atoms with E-state index in [9.17, 15) is 4.79 Å². The number of methoxy groups -OCH3 is 1. The zero-order valence-electron chi connectivity index (χ0n) is 11.4. The zero-order chi connectivity index (χ0) is 14.4. The summed E-state index contributed by atoms with van der Waals surface area (Å²) in [4.78, 5) is 10.9. The number of rotatable bonds is 6. The molecule has 0 saturated carbocycles. The lowest BCUT2D eigenvalue weighted by Gasteiger charge is -2.08. The summed E-state index contributed by atoms with van der Waals surface area (Å²) in [6.07, 6.45) is 1.71. The lowest BCUT2D eigenvalue weighted by Crippen LogP contribution is -2.12. The molecule has 7 heteroatoms. The van der Waals surface area contributed by atoms with E-state index in [1.54, 1.807) is 23.0 Å². The van der Waals surface area contributed by atoms with E-state index >= 15 is 0 Å². The number of carbonyl (C=O) groups excluding carboxylic acids is 1. The second-order valence-electron chi connectivity index (χ2n) is 4.09. The maximum atomic E-state index is 10.9. The molecule has 1 aromatic heterocycles. The van der Waals surface area contributed by atoms with Crippen molar-refractivity contribution in [2.75, 3.05) is 19.0 Å². The largest absolute Gasteiger partial charge is 0.482 e. The van der Waals surface area contributed by atoms with Gasteiger partial charge in [0.2, 0.25) is 0 Å². The molecule has 106 valence electrons. The molecule has 0 atom stereocenters. The minimum atomic E-state index is -0.407. The minimum absolute atomic E-state index is 0.0933. The van der Waals surface area contributed by atoms with Gasteiger partial charge in [0.25, 0.3) is 0 Å². The number of aromatic nitrogens is 3. The molecule has 0 radical (unpaired) electrons. The summed E-state index contributed by atoms with van der Waals surface area (Å²) in [5, 5.41) is 10.9. The van der Waals surface area contributed by atoms with Gasteiger partial charge in [-0.1, -0.05) is 5.21 Å². The van der Waals surface area contributed by atoms with Crippen molar-refractivity contribution < 1.29 is 14.3 Å². The van der Waals surface area contributed by atoms with Crippen molar-refractivity contribution in [3.63, 3.8) is 0 Å². The Morgan fingerprint density at radius 3 is 2.70 bits per heavy atom. The first-order valence-corrected chi connectivity index (χ1v) is 6.06. The van der Waals surface area contributed by atoms with Gasteiger partial charge in [-0.25, -0.2) is 4.79 Å². The number of hydrogen-bond acceptors (Lipinski definition) is 6. The molecule has 0 saturated heterocycles. The van der Waals surface area contributed by atoms with Crippen LogP contribution in [0.3, 0.4) is 0 Å². The second kappa shape index (κ2) is 6.55. The molecule has 7 nitrogen and oxygen atoms in total. The molecule has 0 aliphatic rings. The Hall–Kier alpha value is -2.57. The van der Waals surface area contributed by atoms with E-state index in [0.29, 0.717) is 12.3 Å². The standard InChI is InChI=1S/C13H16N4O3/c1-17-11(8-15-16-17)7-14-10-3-5-12(6-4-10)20-9-13(18)19-2/h3-6,8,14H,7,9H2,1-2H3. The number of esters is 1. The van der Waals surface area contributed by atoms with E-state index in [0.717, 1.165) is 11.4 Å². The van der Waals surface area contributed by atoms with Crippen molar-refractivity contribution in [2.24, 2.45) is 7.05 Å². The average Bonchev–Trinajstić information content (AvgIpc) is 2.89. The zero-order valence-corrected chi connectivity index (χ0v) is 11.4. The molecule has 1 aromatic carbocycles. The molecule has 2 aromatic rings. The average molecular weight is 276 g/mol. The molecule has 0 aliphatic carbocycles. The second-order valence-corrected chi connectivity index (χ2v) is 4.09. The Bertz CT molecular complexity index is 565. The lowest BCUT2D eigenvalue weighted by molar-refractivity contribution is -0.142. The molecule has 2 rings (SSSR count). The van der Waals surface area contributed by atoms with Crippen LogP contribution in [0, 0.1) is 0 Å². The van der Waals surface area contributed by atoms with Gasteiger partial charge in [-0.2, -0.15) is 0 Å². The van der Waals surface area contributed by atoms with Crippen molar-refractivity contribution in [1.82, 2.24) is 15.0 Å². The highest BCUT2D eigenvalue weighted by molar-refractivity contribution is 5.70. The third-order valence-corrected chi connectivity index (χ3v) is 2.72. The molecule has 0 unspecified atom stereocenters. The number of anilines is 1. The molecule has 0 amide bonds. The normalized spacial score (nSPS) is 10.1. The molecular weight excluding hydrogens is 260 g/mol. The summed E-state index contributed by atoms with van der Waals surface area (Å²) in [5.41, 5.74) is 1.92. The van der Waals surface area contributed by atoms with E-state index in [4.69, 9.17) is 4.74 Å². The van der Waals surface area contributed by atoms with Crippen LogP contribution in [0.5, 0.6) is 5.75 Å². The predicted molar refractivity (Wildman–Crippen MR) is 72.3 cm³/mol. The molecule has 0 aliphatic heterocycles. The smallest absolute Gasteiger partial charge is 0.343 e. The SMILES string of the molecule is COC(=O)COc1ccc(NCc2cnnn2C)cc1. The summed E-state index contributed by atoms with van der Waals surface area (Å²) < 4.78 is 11.5. The van der Waals surface area contributed by atoms with E-state index < -0.39 is 5.97 Å². The van der Waals surface area contributed by atoms with Crippen LogP contribution in [0.2, 0.25) is 0 Å². The quantitative estimate of drug-likeness (QED) is 0.792. The maximum absolute atomic E-state index is 10.9. The summed E-state index contributed by atoms with van der Waals surface area (Å²) in [6, 6.07) is 7.31. The van der Waals surface area contributed by atoms with Gasteiger partial charge in [0.1, 0.15) is 5.75 Å². The number of nitrogens with one attached hydrogen (secondary N) is 1. The number of hydrogen-bond donors (Lipinski definition) is 1. The molecule has 0 fully saturated rings. The van der Waals surface area contributed by atoms with Gasteiger partial charge >= 0.3 is 5.97 Å². The van der Waals surface area contributed by atoms with E-state index in [2.05, 4.69) is 20.4 Å². The first kappa shape index (κ1) is 13.9. The van der Waals surface area contributed by atoms with Crippen LogP contribution >= 0.6 is 0 Å². The number of benzene rings is 1. The molecule has 1 N–H and O–H groups in total. The van der Waals surface area contributed by atoms with Crippen LogP contribution in [0.25, 0.3) is 0 Å². The van der Waals surface area contributed by atoms with Crippen LogP contribution in [0.1, 0.15) is 5.69 Å². The van der Waals surface area contributed by atoms with Gasteiger partial charge in [0.15, 0.2) is 6.61 Å². The molecule has 1 heterocycles. The minimum Gasteiger partial charge on any atom is -0.482 e. The topological polar surface area (TPSA) is 78.3 Å². The van der Waals surface area contributed by atoms with Gasteiger partial charge in [-0.3, -0.25) is 4.68 Å². The third-order valence-electron chi connectivity index (χ3n) is 2.72. The Balaban J connectivity index is 1.85. The summed E-state index contributed by atoms with van der Waals surface area (Å²) in [6.45, 7) is 0.538. The van der Waals surface area contributed by atoms with Gasteiger partial charge < -0.3 is 14.8 Å². The van der Waals surface area contributed by atoms with Crippen LogP contribution < -0.4 is 10.1 Å². The number of nitrogens with zero attached hydrogens (tertiary/aromatic N) is 3. The Kier molecular flexibility index (Phi) is 4.54. The van der Waals surface area contributed by atoms with Gasteiger partial charge in [0.05, 0.1) is 25.5 Å². The Morgan fingerprint density at radius 1 is 1.35 bits per heavy atom. The first-order chi connectivity index (χ1) is 9.69. The Labute approximate surface area is 116 Å². The lowest BCUT2D eigenvalue weighted by atomic mass is 10.3. The van der Waals surface area contributed by atoms with Crippen molar-refractivity contribution in [1.29, 1.82) is 0 Å². The van der Waals surface area contributed by atoms with Crippen LogP contribution in [0.4, 0.5) is 5.69 Å². The number of aryl methyl sites for hydroxylation is 1. The van der Waals surface area contributed by atoms with Crippen LogP contribution in [-0.4, -0.2) is 34.7 Å². The van der Waals surface area contributed by atoms with Gasteiger partial charge in [-0.15, -0.1) is 5.10 Å². The highest BCUT2D eigenvalue weighted by Crippen LogP contribution is 2.16. The molecule has 20 heavy (non-hydrogen) atoms. The first-order valence-electron chi connectivity index (χ1n) is 6.06. The molecular formula is C13H16N4O3. The third kappa shape index (κ3) is 3.71. The highest BCUT2D eigenvalue weighted by Gasteiger charge is 2.02. The van der Waals surface area contributed by atoms with E-state index in [-0.39, 0.29) is 6.61 Å². The monoisotopic (exact) mass is 276 g/mol. The summed E-state index contributed by atoms with van der Waals surface area (Å²) >= 11 is 0. The molecule has 0 spiro atoms. The maximum Gasteiger partial charge on any atom is 0.343 e. The van der Waals surface area contributed by atoms with Crippen molar-refractivity contribution in [3.05, 3.63) is 36.2 Å². The van der Waals surface area contributed by atoms with E-state index in [1.807, 2.05) is 19.2 Å². The fourth-order valence-corrected chi connectivity index (χ4v) is 1.53. The Morgan fingerprint density at radius 2 is 2.10 bits per heavy atom. The predicted octanol–water partition coefficient (Wildman–Crippen LogP) is 0.979. The number of carbonyl (C=O) groups is 1. The van der Waals surface area contributed by atoms with Crippen LogP contribution in [0.15, 0.2) is 30.5 Å². The van der Waals surface area contributed by atoms with Gasteiger partial charge in [-0.05, 0) is 24.3 Å². The van der Waals surface area contributed by atoms with Crippen LogP contribution in [-0.2, 0) is 23.1 Å². The summed E-state index contributed by atoms with van der Waals surface area (Å²) in [5.74, 6) is 0.207. The number of ether oxygens (including phenoxy) is 2. The molecule has 0 bridgehead atoms. The van der Waals surface area contributed by atoms with Crippen molar-refractivity contribution >= 4 is 11.7 Å². The van der Waals surface area contributed by atoms with Crippen molar-refractivity contribution in [3.8, 4) is 5.75 Å². The van der Waals surface area contributed by atoms with Crippen molar-refractivity contribution in [2.45, 2.75) is 6.54 Å². The highest BCUT2D eigenvalue weighted by atomic mass is 16.6. The fourth-order valence-electron chi connectivity index (χ4n) is 1.53. The van der Waals surface area contributed by atoms with Gasteiger partial charge in [0, 0.05) is 12.7 Å².